The van der Waals surface area contributed by atoms with Crippen LogP contribution in [0.2, 0.25) is 0 Å². The number of hydrogen-bond acceptors (Lipinski definition) is 5. The van der Waals surface area contributed by atoms with Gasteiger partial charge in [0.2, 0.25) is 11.8 Å². The molecule has 1 atom stereocenters. The van der Waals surface area contributed by atoms with Crippen LogP contribution in [0.4, 0.5) is 8.78 Å². The molecule has 12 heteroatoms. The second-order valence-electron chi connectivity index (χ2n) is 6.67. The van der Waals surface area contributed by atoms with Gasteiger partial charge in [0.05, 0.1) is 19.1 Å². The molecular weight excluding hydrogens is 417 g/mol. The van der Waals surface area contributed by atoms with Crippen molar-refractivity contribution in [3.8, 4) is 0 Å². The molecule has 2 heterocycles. The second-order valence-corrected chi connectivity index (χ2v) is 6.67. The van der Waals surface area contributed by atoms with Gasteiger partial charge in [-0.25, -0.2) is 4.98 Å². The molecule has 1 aliphatic heterocycles. The van der Waals surface area contributed by atoms with Crippen LogP contribution in [0.1, 0.15) is 26.2 Å². The summed E-state index contributed by atoms with van der Waals surface area (Å²) in [5, 5.41) is 2.56. The quantitative estimate of drug-likeness (QED) is 0.650. The molecule has 1 saturated heterocycles. The number of alkyl halides is 2. The van der Waals surface area contributed by atoms with Crippen molar-refractivity contribution >= 4 is 36.6 Å². The van der Waals surface area contributed by atoms with Crippen molar-refractivity contribution in [2.24, 2.45) is 11.7 Å². The van der Waals surface area contributed by atoms with Gasteiger partial charge in [-0.1, -0.05) is 13.8 Å². The van der Waals surface area contributed by atoms with Gasteiger partial charge in [0.25, 0.3) is 0 Å². The average Bonchev–Trinajstić information content (AvgIpc) is 3.07. The van der Waals surface area contributed by atoms with Gasteiger partial charge in [-0.2, -0.15) is 8.78 Å². The third-order valence-electron chi connectivity index (χ3n) is 4.48. The highest BCUT2D eigenvalue weighted by Crippen LogP contribution is 2.15. The first-order valence-electron chi connectivity index (χ1n) is 8.63. The van der Waals surface area contributed by atoms with E-state index in [9.17, 15) is 18.4 Å². The van der Waals surface area contributed by atoms with E-state index in [0.717, 1.165) is 4.57 Å². The molecule has 0 spiro atoms. The summed E-state index contributed by atoms with van der Waals surface area (Å²) in [5.74, 6) is -0.224. The summed E-state index contributed by atoms with van der Waals surface area (Å²) in [6.07, 6.45) is 2.61. The van der Waals surface area contributed by atoms with Gasteiger partial charge < -0.3 is 16.0 Å². The Bertz CT molecular complexity index is 624. The average molecular weight is 445 g/mol. The van der Waals surface area contributed by atoms with Gasteiger partial charge in [-0.05, 0) is 5.92 Å². The zero-order valence-electron chi connectivity index (χ0n) is 15.9. The van der Waals surface area contributed by atoms with E-state index in [1.807, 2.05) is 18.7 Å². The summed E-state index contributed by atoms with van der Waals surface area (Å²) < 4.78 is 26.5. The Balaban J connectivity index is 0.00000364. The SMILES string of the molecule is CC(C)[C@H](N)C(=O)NCC(=O)N1CCN(Cc2nccn2C(F)F)CC1.Cl.Cl. The largest absolute Gasteiger partial charge is 0.346 e. The fourth-order valence-corrected chi connectivity index (χ4v) is 2.69. The van der Waals surface area contributed by atoms with E-state index in [4.69, 9.17) is 5.73 Å². The number of aromatic nitrogens is 2. The van der Waals surface area contributed by atoms with E-state index in [2.05, 4.69) is 10.3 Å². The number of amides is 2. The summed E-state index contributed by atoms with van der Waals surface area (Å²) in [7, 11) is 0. The molecule has 28 heavy (non-hydrogen) atoms. The Labute approximate surface area is 175 Å². The van der Waals surface area contributed by atoms with Crippen molar-refractivity contribution in [1.29, 1.82) is 0 Å². The van der Waals surface area contributed by atoms with Crippen LogP contribution in [-0.4, -0.2) is 69.9 Å². The van der Waals surface area contributed by atoms with Crippen LogP contribution in [0, 0.1) is 5.92 Å². The zero-order valence-corrected chi connectivity index (χ0v) is 17.5. The molecule has 2 amide bonds. The molecule has 8 nitrogen and oxygen atoms in total. The van der Waals surface area contributed by atoms with Crippen LogP contribution in [0.5, 0.6) is 0 Å². The topological polar surface area (TPSA) is 96.5 Å². The Morgan fingerprint density at radius 1 is 1.21 bits per heavy atom. The van der Waals surface area contributed by atoms with Crippen molar-refractivity contribution in [3.63, 3.8) is 0 Å². The number of nitrogens with one attached hydrogen (secondary N) is 1. The first-order valence-corrected chi connectivity index (χ1v) is 8.63. The Morgan fingerprint density at radius 2 is 1.82 bits per heavy atom. The molecule has 0 saturated carbocycles. The van der Waals surface area contributed by atoms with E-state index in [-0.39, 0.29) is 49.1 Å². The number of carbonyl (C=O) groups excluding carboxylic acids is 2. The molecule has 162 valence electrons. The Hall–Kier alpha value is -1.49. The normalized spacial score (nSPS) is 15.8. The predicted octanol–water partition coefficient (Wildman–Crippen LogP) is 0.865. The smallest absolute Gasteiger partial charge is 0.319 e. The second kappa shape index (κ2) is 12.2. The fourth-order valence-electron chi connectivity index (χ4n) is 2.69. The Kier molecular flexibility index (Phi) is 11.5. The van der Waals surface area contributed by atoms with E-state index in [1.54, 1.807) is 4.90 Å². The number of rotatable bonds is 7. The number of nitrogens with two attached hydrogens (primary N) is 1. The molecule has 1 aromatic rings. The maximum absolute atomic E-state index is 12.8. The molecule has 0 unspecified atom stereocenters. The lowest BCUT2D eigenvalue weighted by Crippen LogP contribution is -2.52. The molecule has 3 N–H and O–H groups in total. The number of imidazole rings is 1. The van der Waals surface area contributed by atoms with Crippen LogP contribution in [0.3, 0.4) is 0 Å². The van der Waals surface area contributed by atoms with E-state index in [0.29, 0.717) is 38.5 Å². The lowest BCUT2D eigenvalue weighted by molar-refractivity contribution is -0.134. The van der Waals surface area contributed by atoms with Gasteiger partial charge in [0.15, 0.2) is 0 Å². The predicted molar refractivity (Wildman–Crippen MR) is 106 cm³/mol. The molecule has 0 aliphatic carbocycles. The maximum atomic E-state index is 12.8. The fraction of sp³-hybridized carbons (Fsp3) is 0.688. The molecule has 1 fully saturated rings. The van der Waals surface area contributed by atoms with Crippen LogP contribution in [0.15, 0.2) is 12.4 Å². The molecule has 1 aliphatic rings. The van der Waals surface area contributed by atoms with Crippen molar-refractivity contribution in [1.82, 2.24) is 24.7 Å². The highest BCUT2D eigenvalue weighted by molar-refractivity contribution is 5.87. The standard InChI is InChI=1S/C16H26F2N6O2.2ClH/c1-11(2)14(19)15(26)21-9-13(25)23-7-5-22(6-8-23)10-12-20-3-4-24(12)16(17)18;;/h3-4,11,14,16H,5-10,19H2,1-2H3,(H,21,26);2*1H/t14-;;/m0../s1. The number of halogens is 4. The van der Waals surface area contributed by atoms with Crippen molar-refractivity contribution in [2.75, 3.05) is 32.7 Å². The highest BCUT2D eigenvalue weighted by Gasteiger charge is 2.24. The van der Waals surface area contributed by atoms with Crippen LogP contribution >= 0.6 is 24.8 Å². The zero-order chi connectivity index (χ0) is 19.3. The molecular formula is C16H28Cl2F2N6O2. The first kappa shape index (κ1) is 26.5. The third kappa shape index (κ3) is 7.16. The molecule has 2 rings (SSSR count). The van der Waals surface area contributed by atoms with Crippen molar-refractivity contribution in [3.05, 3.63) is 18.2 Å². The summed E-state index contributed by atoms with van der Waals surface area (Å²) in [4.78, 5) is 31.6. The summed E-state index contributed by atoms with van der Waals surface area (Å²) in [6.45, 7) is 3.34. The highest BCUT2D eigenvalue weighted by atomic mass is 35.5. The molecule has 0 radical (unpaired) electrons. The monoisotopic (exact) mass is 444 g/mol. The minimum absolute atomic E-state index is 0. The van der Waals surface area contributed by atoms with Crippen molar-refractivity contribution in [2.45, 2.75) is 33.0 Å². The van der Waals surface area contributed by atoms with E-state index >= 15 is 0 Å². The van der Waals surface area contributed by atoms with Crippen LogP contribution < -0.4 is 11.1 Å². The number of carbonyl (C=O) groups is 2. The number of nitrogens with zero attached hydrogens (tertiary/aromatic N) is 4. The lowest BCUT2D eigenvalue weighted by atomic mass is 10.1. The molecule has 0 aromatic carbocycles. The van der Waals surface area contributed by atoms with Crippen molar-refractivity contribution < 1.29 is 18.4 Å². The summed E-state index contributed by atoms with van der Waals surface area (Å²) >= 11 is 0. The number of piperazine rings is 1. The van der Waals surface area contributed by atoms with Gasteiger partial charge in [0, 0.05) is 38.6 Å². The van der Waals surface area contributed by atoms with Gasteiger partial charge in [-0.15, -0.1) is 24.8 Å². The van der Waals surface area contributed by atoms with Gasteiger partial charge in [0.1, 0.15) is 5.82 Å². The third-order valence-corrected chi connectivity index (χ3v) is 4.48. The Morgan fingerprint density at radius 3 is 2.36 bits per heavy atom. The number of hydrogen-bond donors (Lipinski definition) is 2. The first-order chi connectivity index (χ1) is 12.3. The summed E-state index contributed by atoms with van der Waals surface area (Å²) in [5.41, 5.74) is 5.74. The molecule has 1 aromatic heterocycles. The lowest BCUT2D eigenvalue weighted by Gasteiger charge is -2.34. The van der Waals surface area contributed by atoms with Gasteiger partial charge >= 0.3 is 6.55 Å². The van der Waals surface area contributed by atoms with E-state index in [1.165, 1.54) is 12.4 Å². The summed E-state index contributed by atoms with van der Waals surface area (Å²) in [6, 6.07) is -0.641. The van der Waals surface area contributed by atoms with Crippen LogP contribution in [0.25, 0.3) is 0 Å². The maximum Gasteiger partial charge on any atom is 0.319 e. The molecule has 0 bridgehead atoms. The van der Waals surface area contributed by atoms with Crippen LogP contribution in [-0.2, 0) is 16.1 Å². The minimum atomic E-state index is -2.61. The minimum Gasteiger partial charge on any atom is -0.346 e. The van der Waals surface area contributed by atoms with E-state index < -0.39 is 12.6 Å². The van der Waals surface area contributed by atoms with Gasteiger partial charge in [-0.3, -0.25) is 19.1 Å².